The number of carboxylic acid groups (broad SMARTS) is 1. The van der Waals surface area contributed by atoms with E-state index in [0.717, 1.165) is 5.56 Å². The van der Waals surface area contributed by atoms with Crippen LogP contribution in [0, 0.1) is 0 Å². The minimum absolute atomic E-state index is 0.0716. The Morgan fingerprint density at radius 1 is 1.14 bits per heavy atom. The van der Waals surface area contributed by atoms with E-state index >= 15 is 0 Å². The van der Waals surface area contributed by atoms with E-state index in [-0.39, 0.29) is 11.6 Å². The number of pyridine rings is 1. The first-order valence-corrected chi connectivity index (χ1v) is 6.64. The standard InChI is InChI=1S/C16H16N2O3/c1-2-18(11-12-6-4-3-5-7-12)15(19)13-8-9-14(16(20)21)17-10-13/h3-10H,2,11H2,1H3,(H,20,21). The number of nitrogens with zero attached hydrogens (tertiary/aromatic N) is 2. The zero-order chi connectivity index (χ0) is 15.2. The Hall–Kier alpha value is -2.69. The van der Waals surface area contributed by atoms with Crippen molar-refractivity contribution in [2.75, 3.05) is 6.54 Å². The molecule has 1 N–H and O–H groups in total. The van der Waals surface area contributed by atoms with Crippen LogP contribution in [0.1, 0.15) is 33.3 Å². The van der Waals surface area contributed by atoms with Crippen LogP contribution in [0.25, 0.3) is 0 Å². The lowest BCUT2D eigenvalue weighted by atomic mass is 10.2. The molecule has 0 aliphatic rings. The van der Waals surface area contributed by atoms with Crippen LogP contribution in [0.15, 0.2) is 48.7 Å². The third-order valence-electron chi connectivity index (χ3n) is 3.11. The van der Waals surface area contributed by atoms with Crippen LogP contribution in [-0.2, 0) is 6.54 Å². The van der Waals surface area contributed by atoms with Crippen molar-refractivity contribution in [1.82, 2.24) is 9.88 Å². The third kappa shape index (κ3) is 3.66. The van der Waals surface area contributed by atoms with Crippen LogP contribution >= 0.6 is 0 Å². The highest BCUT2D eigenvalue weighted by Gasteiger charge is 2.15. The highest BCUT2D eigenvalue weighted by molar-refractivity contribution is 5.94. The molecule has 1 aromatic carbocycles. The van der Waals surface area contributed by atoms with Crippen LogP contribution in [0.2, 0.25) is 0 Å². The lowest BCUT2D eigenvalue weighted by Gasteiger charge is -2.21. The van der Waals surface area contributed by atoms with Crippen LogP contribution in [0.3, 0.4) is 0 Å². The van der Waals surface area contributed by atoms with Gasteiger partial charge in [-0.05, 0) is 24.6 Å². The fraction of sp³-hybridized carbons (Fsp3) is 0.188. The van der Waals surface area contributed by atoms with Crippen LogP contribution in [-0.4, -0.2) is 33.4 Å². The van der Waals surface area contributed by atoms with E-state index in [1.54, 1.807) is 4.90 Å². The number of hydrogen-bond donors (Lipinski definition) is 1. The Bertz CT molecular complexity index is 624. The summed E-state index contributed by atoms with van der Waals surface area (Å²) in [7, 11) is 0. The van der Waals surface area contributed by atoms with Crippen molar-refractivity contribution < 1.29 is 14.7 Å². The molecule has 0 fully saturated rings. The van der Waals surface area contributed by atoms with Gasteiger partial charge in [-0.3, -0.25) is 4.79 Å². The van der Waals surface area contributed by atoms with Gasteiger partial charge in [-0.25, -0.2) is 9.78 Å². The minimum atomic E-state index is -1.11. The Labute approximate surface area is 122 Å². The van der Waals surface area contributed by atoms with Crippen molar-refractivity contribution in [3.63, 3.8) is 0 Å². The summed E-state index contributed by atoms with van der Waals surface area (Å²) in [6.45, 7) is 2.98. The molecule has 2 rings (SSSR count). The van der Waals surface area contributed by atoms with Crippen molar-refractivity contribution in [3.8, 4) is 0 Å². The molecule has 0 spiro atoms. The number of benzene rings is 1. The van der Waals surface area contributed by atoms with Crippen molar-refractivity contribution in [1.29, 1.82) is 0 Å². The second-order valence-electron chi connectivity index (χ2n) is 4.54. The SMILES string of the molecule is CCN(Cc1ccccc1)C(=O)c1ccc(C(=O)O)nc1. The van der Waals surface area contributed by atoms with Gasteiger partial charge < -0.3 is 10.0 Å². The molecule has 0 radical (unpaired) electrons. The van der Waals surface area contributed by atoms with E-state index in [1.807, 2.05) is 37.3 Å². The average molecular weight is 284 g/mol. The molecule has 0 saturated carbocycles. The van der Waals surface area contributed by atoms with E-state index in [2.05, 4.69) is 4.98 Å². The van der Waals surface area contributed by atoms with Gasteiger partial charge in [-0.1, -0.05) is 30.3 Å². The minimum Gasteiger partial charge on any atom is -0.477 e. The third-order valence-corrected chi connectivity index (χ3v) is 3.11. The summed E-state index contributed by atoms with van der Waals surface area (Å²) in [5.41, 5.74) is 1.36. The Balaban J connectivity index is 2.14. The molecular weight excluding hydrogens is 268 g/mol. The molecule has 0 bridgehead atoms. The molecule has 1 aromatic heterocycles. The molecule has 1 heterocycles. The van der Waals surface area contributed by atoms with Gasteiger partial charge in [0.25, 0.3) is 5.91 Å². The molecule has 0 aliphatic carbocycles. The molecule has 5 heteroatoms. The van der Waals surface area contributed by atoms with Crippen molar-refractivity contribution in [2.45, 2.75) is 13.5 Å². The highest BCUT2D eigenvalue weighted by Crippen LogP contribution is 2.10. The lowest BCUT2D eigenvalue weighted by molar-refractivity contribution is 0.0687. The Morgan fingerprint density at radius 2 is 1.86 bits per heavy atom. The molecule has 5 nitrogen and oxygen atoms in total. The van der Waals surface area contributed by atoms with Gasteiger partial charge in [-0.15, -0.1) is 0 Å². The molecule has 0 atom stereocenters. The first-order valence-electron chi connectivity index (χ1n) is 6.64. The second kappa shape index (κ2) is 6.65. The molecule has 1 amide bonds. The number of hydrogen-bond acceptors (Lipinski definition) is 3. The maximum absolute atomic E-state index is 12.4. The first-order chi connectivity index (χ1) is 10.1. The maximum atomic E-state index is 12.4. The van der Waals surface area contributed by atoms with E-state index in [0.29, 0.717) is 18.7 Å². The Morgan fingerprint density at radius 3 is 2.38 bits per heavy atom. The molecule has 0 unspecified atom stereocenters. The summed E-state index contributed by atoms with van der Waals surface area (Å²) in [5, 5.41) is 8.81. The summed E-state index contributed by atoms with van der Waals surface area (Å²) in [5.74, 6) is -1.27. The topological polar surface area (TPSA) is 70.5 Å². The van der Waals surface area contributed by atoms with Gasteiger partial charge >= 0.3 is 5.97 Å². The zero-order valence-corrected chi connectivity index (χ0v) is 11.7. The first kappa shape index (κ1) is 14.7. The van der Waals surface area contributed by atoms with Crippen molar-refractivity contribution in [2.24, 2.45) is 0 Å². The van der Waals surface area contributed by atoms with Gasteiger partial charge in [-0.2, -0.15) is 0 Å². The number of carboxylic acids is 1. The van der Waals surface area contributed by atoms with Crippen molar-refractivity contribution >= 4 is 11.9 Å². The average Bonchev–Trinajstić information content (AvgIpc) is 2.53. The maximum Gasteiger partial charge on any atom is 0.354 e. The summed E-state index contributed by atoms with van der Waals surface area (Å²) in [6.07, 6.45) is 1.30. The lowest BCUT2D eigenvalue weighted by Crippen LogP contribution is -2.30. The monoisotopic (exact) mass is 284 g/mol. The number of aromatic carboxylic acids is 1. The van der Waals surface area contributed by atoms with Crippen molar-refractivity contribution in [3.05, 3.63) is 65.5 Å². The van der Waals surface area contributed by atoms with Gasteiger partial charge in [0.15, 0.2) is 0 Å². The molecule has 0 aliphatic heterocycles. The molecule has 108 valence electrons. The van der Waals surface area contributed by atoms with Crippen LogP contribution < -0.4 is 0 Å². The summed E-state index contributed by atoms with van der Waals surface area (Å²) in [4.78, 5) is 28.6. The molecule has 2 aromatic rings. The Kier molecular flexibility index (Phi) is 4.66. The number of carbonyl (C=O) groups is 2. The molecule has 21 heavy (non-hydrogen) atoms. The van der Waals surface area contributed by atoms with E-state index in [9.17, 15) is 9.59 Å². The van der Waals surface area contributed by atoms with Crippen LogP contribution in [0.5, 0.6) is 0 Å². The zero-order valence-electron chi connectivity index (χ0n) is 11.7. The van der Waals surface area contributed by atoms with Gasteiger partial charge in [0.2, 0.25) is 0 Å². The highest BCUT2D eigenvalue weighted by atomic mass is 16.4. The van der Waals surface area contributed by atoms with Crippen LogP contribution in [0.4, 0.5) is 0 Å². The smallest absolute Gasteiger partial charge is 0.354 e. The molecule has 0 saturated heterocycles. The number of rotatable bonds is 5. The number of aromatic nitrogens is 1. The van der Waals surface area contributed by atoms with Gasteiger partial charge in [0.1, 0.15) is 5.69 Å². The summed E-state index contributed by atoms with van der Waals surface area (Å²) in [6, 6.07) is 12.5. The predicted octanol–water partition coefficient (Wildman–Crippen LogP) is 2.44. The number of carbonyl (C=O) groups excluding carboxylic acids is 1. The number of amides is 1. The quantitative estimate of drug-likeness (QED) is 0.915. The molecular formula is C16H16N2O3. The normalized spacial score (nSPS) is 10.1. The fourth-order valence-corrected chi connectivity index (χ4v) is 1.96. The summed E-state index contributed by atoms with van der Waals surface area (Å²) >= 11 is 0. The van der Waals surface area contributed by atoms with E-state index in [4.69, 9.17) is 5.11 Å². The predicted molar refractivity (Wildman–Crippen MR) is 78.1 cm³/mol. The fourth-order valence-electron chi connectivity index (χ4n) is 1.96. The largest absolute Gasteiger partial charge is 0.477 e. The van der Waals surface area contributed by atoms with E-state index in [1.165, 1.54) is 18.3 Å². The van der Waals surface area contributed by atoms with Gasteiger partial charge in [0.05, 0.1) is 5.56 Å². The second-order valence-corrected chi connectivity index (χ2v) is 4.54. The van der Waals surface area contributed by atoms with Gasteiger partial charge in [0, 0.05) is 19.3 Å². The summed E-state index contributed by atoms with van der Waals surface area (Å²) < 4.78 is 0. The van der Waals surface area contributed by atoms with E-state index < -0.39 is 5.97 Å².